The van der Waals surface area contributed by atoms with Crippen LogP contribution in [-0.2, 0) is 28.9 Å². The number of benzene rings is 2. The van der Waals surface area contributed by atoms with Crippen molar-refractivity contribution in [2.24, 2.45) is 0 Å². The predicted octanol–water partition coefficient (Wildman–Crippen LogP) is 4.40. The maximum absolute atomic E-state index is 14.9. The molecule has 0 N–H and O–H groups in total. The molecule has 0 atom stereocenters. The van der Waals surface area contributed by atoms with Crippen LogP contribution in [0.2, 0.25) is 0 Å². The van der Waals surface area contributed by atoms with Crippen LogP contribution in [0.3, 0.4) is 0 Å². The highest BCUT2D eigenvalue weighted by molar-refractivity contribution is 9.10. The molecule has 2 aromatic rings. The fraction of sp³-hybridized carbons (Fsp3) is 0.368. The van der Waals surface area contributed by atoms with E-state index in [1.165, 1.54) is 0 Å². The fourth-order valence-electron chi connectivity index (χ4n) is 3.37. The molecular weight excluding hydrogens is 375 g/mol. The van der Waals surface area contributed by atoms with Crippen LogP contribution in [0, 0.1) is 5.82 Å². The lowest BCUT2D eigenvalue weighted by atomic mass is 9.86. The first-order chi connectivity index (χ1) is 11.7. The average molecular weight is 393 g/mol. The zero-order chi connectivity index (χ0) is 16.6. The van der Waals surface area contributed by atoms with Crippen molar-refractivity contribution in [1.82, 2.24) is 0 Å². The molecule has 2 aliphatic rings. The fourth-order valence-corrected chi connectivity index (χ4v) is 3.84. The van der Waals surface area contributed by atoms with Crippen molar-refractivity contribution < 1.29 is 18.6 Å². The Morgan fingerprint density at radius 3 is 2.67 bits per heavy atom. The van der Waals surface area contributed by atoms with Gasteiger partial charge in [0.15, 0.2) is 5.79 Å². The van der Waals surface area contributed by atoms with Crippen LogP contribution in [0.1, 0.15) is 23.1 Å². The molecule has 4 rings (SSSR count). The Balaban J connectivity index is 1.58. The molecule has 0 saturated carbocycles. The second kappa shape index (κ2) is 6.47. The maximum Gasteiger partial charge on any atom is 0.172 e. The summed E-state index contributed by atoms with van der Waals surface area (Å²) in [4.78, 5) is 0. The third-order valence-electron chi connectivity index (χ3n) is 4.64. The Kier molecular flexibility index (Phi) is 4.33. The van der Waals surface area contributed by atoms with Gasteiger partial charge in [0.25, 0.3) is 0 Å². The molecule has 0 unspecified atom stereocenters. The van der Waals surface area contributed by atoms with Crippen molar-refractivity contribution >= 4 is 15.9 Å². The van der Waals surface area contributed by atoms with Crippen LogP contribution < -0.4 is 4.74 Å². The molecule has 0 aromatic heterocycles. The summed E-state index contributed by atoms with van der Waals surface area (Å²) in [5.41, 5.74) is 2.69. The molecule has 1 heterocycles. The minimum absolute atomic E-state index is 0.270. The van der Waals surface area contributed by atoms with E-state index in [9.17, 15) is 4.39 Å². The van der Waals surface area contributed by atoms with Gasteiger partial charge in [0.1, 0.15) is 18.2 Å². The van der Waals surface area contributed by atoms with Crippen LogP contribution in [0.15, 0.2) is 40.9 Å². The van der Waals surface area contributed by atoms with Gasteiger partial charge in [-0.15, -0.1) is 0 Å². The minimum atomic E-state index is -0.639. The molecule has 1 spiro atoms. The Morgan fingerprint density at radius 1 is 1.17 bits per heavy atom. The van der Waals surface area contributed by atoms with Gasteiger partial charge >= 0.3 is 0 Å². The lowest BCUT2D eigenvalue weighted by molar-refractivity contribution is -0.164. The van der Waals surface area contributed by atoms with Crippen LogP contribution in [-0.4, -0.2) is 19.0 Å². The molecule has 1 aliphatic carbocycles. The predicted molar refractivity (Wildman–Crippen MR) is 91.5 cm³/mol. The van der Waals surface area contributed by atoms with Gasteiger partial charge < -0.3 is 14.2 Å². The SMILES string of the molecule is Fc1c(Br)c(OCc2ccccc2)cc2c1CC1(CC2)OCCO1. The summed E-state index contributed by atoms with van der Waals surface area (Å²) in [6.45, 7) is 1.57. The van der Waals surface area contributed by atoms with Gasteiger partial charge in [-0.25, -0.2) is 4.39 Å². The number of ether oxygens (including phenoxy) is 3. The molecule has 0 bridgehead atoms. The first-order valence-electron chi connectivity index (χ1n) is 8.11. The van der Waals surface area contributed by atoms with Gasteiger partial charge in [0.05, 0.1) is 17.7 Å². The third-order valence-corrected chi connectivity index (χ3v) is 5.38. The van der Waals surface area contributed by atoms with Gasteiger partial charge in [-0.05, 0) is 45.1 Å². The molecule has 1 aliphatic heterocycles. The Morgan fingerprint density at radius 2 is 1.92 bits per heavy atom. The number of halogens is 2. The third kappa shape index (κ3) is 2.96. The van der Waals surface area contributed by atoms with E-state index >= 15 is 0 Å². The Hall–Kier alpha value is -1.43. The maximum atomic E-state index is 14.9. The molecule has 1 saturated heterocycles. The van der Waals surface area contributed by atoms with E-state index in [-0.39, 0.29) is 5.82 Å². The molecule has 5 heteroatoms. The van der Waals surface area contributed by atoms with E-state index < -0.39 is 5.79 Å². The summed E-state index contributed by atoms with van der Waals surface area (Å²) in [6.07, 6.45) is 1.92. The zero-order valence-corrected chi connectivity index (χ0v) is 14.8. The lowest BCUT2D eigenvalue weighted by Crippen LogP contribution is -2.37. The minimum Gasteiger partial charge on any atom is -0.488 e. The highest BCUT2D eigenvalue weighted by Crippen LogP contribution is 2.41. The van der Waals surface area contributed by atoms with E-state index in [0.717, 1.165) is 24.0 Å². The van der Waals surface area contributed by atoms with E-state index in [4.69, 9.17) is 14.2 Å². The van der Waals surface area contributed by atoms with E-state index in [1.54, 1.807) is 0 Å². The Bertz CT molecular complexity index is 742. The van der Waals surface area contributed by atoms with Gasteiger partial charge in [0, 0.05) is 12.8 Å². The van der Waals surface area contributed by atoms with Gasteiger partial charge in [-0.3, -0.25) is 0 Å². The molecule has 3 nitrogen and oxygen atoms in total. The van der Waals surface area contributed by atoms with Crippen LogP contribution in [0.5, 0.6) is 5.75 Å². The van der Waals surface area contributed by atoms with E-state index in [0.29, 0.717) is 42.0 Å². The smallest absolute Gasteiger partial charge is 0.172 e. The second-order valence-electron chi connectivity index (χ2n) is 6.20. The van der Waals surface area contributed by atoms with Crippen LogP contribution >= 0.6 is 15.9 Å². The second-order valence-corrected chi connectivity index (χ2v) is 6.99. The van der Waals surface area contributed by atoms with Gasteiger partial charge in [-0.1, -0.05) is 30.3 Å². The van der Waals surface area contributed by atoms with Crippen molar-refractivity contribution in [3.63, 3.8) is 0 Å². The summed E-state index contributed by atoms with van der Waals surface area (Å²) in [5, 5.41) is 0. The van der Waals surface area contributed by atoms with Gasteiger partial charge in [0.2, 0.25) is 0 Å². The number of hydrogen-bond donors (Lipinski definition) is 0. The summed E-state index contributed by atoms with van der Waals surface area (Å²) >= 11 is 3.35. The topological polar surface area (TPSA) is 27.7 Å². The van der Waals surface area contributed by atoms with Crippen LogP contribution in [0.25, 0.3) is 0 Å². The summed E-state index contributed by atoms with van der Waals surface area (Å²) < 4.78 is 32.5. The molecule has 126 valence electrons. The summed E-state index contributed by atoms with van der Waals surface area (Å²) in [5.74, 6) is -0.368. The summed E-state index contributed by atoms with van der Waals surface area (Å²) in [6, 6.07) is 11.8. The first kappa shape index (κ1) is 16.1. The molecule has 24 heavy (non-hydrogen) atoms. The van der Waals surface area contributed by atoms with Crippen molar-refractivity contribution in [3.05, 3.63) is 63.4 Å². The molecule has 1 fully saturated rings. The van der Waals surface area contributed by atoms with Gasteiger partial charge in [-0.2, -0.15) is 0 Å². The number of aryl methyl sites for hydroxylation is 1. The largest absolute Gasteiger partial charge is 0.488 e. The molecule has 0 radical (unpaired) electrons. The zero-order valence-electron chi connectivity index (χ0n) is 13.2. The first-order valence-corrected chi connectivity index (χ1v) is 8.91. The summed E-state index contributed by atoms with van der Waals surface area (Å²) in [7, 11) is 0. The van der Waals surface area contributed by atoms with Crippen molar-refractivity contribution in [1.29, 1.82) is 0 Å². The molecule has 2 aromatic carbocycles. The van der Waals surface area contributed by atoms with E-state index in [2.05, 4.69) is 15.9 Å². The van der Waals surface area contributed by atoms with Crippen molar-refractivity contribution in [3.8, 4) is 5.75 Å². The van der Waals surface area contributed by atoms with Crippen molar-refractivity contribution in [2.75, 3.05) is 13.2 Å². The number of hydrogen-bond acceptors (Lipinski definition) is 3. The number of rotatable bonds is 3. The number of fused-ring (bicyclic) bond motifs is 1. The molecular formula is C19H18BrFO3. The monoisotopic (exact) mass is 392 g/mol. The Labute approximate surface area is 148 Å². The normalized spacial score (nSPS) is 18.6. The standard InChI is InChI=1S/C19H18BrFO3/c20-17-16(22-12-13-4-2-1-3-5-13)10-14-6-7-19(23-8-9-24-19)11-15(14)18(17)21/h1-5,10H,6-9,11-12H2. The highest BCUT2D eigenvalue weighted by Gasteiger charge is 2.41. The highest BCUT2D eigenvalue weighted by atomic mass is 79.9. The quantitative estimate of drug-likeness (QED) is 0.774. The van der Waals surface area contributed by atoms with Crippen molar-refractivity contribution in [2.45, 2.75) is 31.7 Å². The van der Waals surface area contributed by atoms with E-state index in [1.807, 2.05) is 36.4 Å². The molecule has 0 amide bonds. The van der Waals surface area contributed by atoms with Crippen LogP contribution in [0.4, 0.5) is 4.39 Å². The lowest BCUT2D eigenvalue weighted by Gasteiger charge is -2.33. The average Bonchev–Trinajstić information content (AvgIpc) is 3.06.